The van der Waals surface area contributed by atoms with Crippen molar-refractivity contribution in [2.24, 2.45) is 0 Å². The van der Waals surface area contributed by atoms with E-state index in [1.54, 1.807) is 30.3 Å². The lowest BCUT2D eigenvalue weighted by Gasteiger charge is -2.19. The lowest BCUT2D eigenvalue weighted by molar-refractivity contribution is 0.464. The van der Waals surface area contributed by atoms with Crippen LogP contribution in [0.2, 0.25) is 10.0 Å². The first-order chi connectivity index (χ1) is 17.2. The number of para-hydroxylation sites is 2. The molecule has 4 nitrogen and oxygen atoms in total. The molecule has 0 aliphatic rings. The fourth-order valence-corrected chi connectivity index (χ4v) is 6.80. The van der Waals surface area contributed by atoms with E-state index in [1.807, 2.05) is 43.3 Å². The van der Waals surface area contributed by atoms with Crippen LogP contribution in [0.3, 0.4) is 0 Å². The first-order valence-electron chi connectivity index (χ1n) is 10.9. The van der Waals surface area contributed by atoms with Crippen molar-refractivity contribution in [1.29, 1.82) is 5.26 Å². The van der Waals surface area contributed by atoms with Crippen molar-refractivity contribution in [3.05, 3.63) is 106 Å². The van der Waals surface area contributed by atoms with Gasteiger partial charge in [-0.1, -0.05) is 53.5 Å². The third-order valence-corrected chi connectivity index (χ3v) is 8.38. The number of nitriles is 1. The van der Waals surface area contributed by atoms with Gasteiger partial charge < -0.3 is 15.5 Å². The number of aryl methyl sites for hydroxylation is 1. The normalized spacial score (nSPS) is 11.7. The molecule has 0 saturated carbocycles. The fourth-order valence-electron chi connectivity index (χ4n) is 4.03. The second-order valence-electron chi connectivity index (χ2n) is 8.23. The molecule has 0 aliphatic heterocycles. The Bertz CT molecular complexity index is 1480. The summed E-state index contributed by atoms with van der Waals surface area (Å²) in [5, 5.41) is 35.2. The second kappa shape index (κ2) is 11.5. The summed E-state index contributed by atoms with van der Waals surface area (Å²) in [5.41, 5.74) is 5.56. The van der Waals surface area contributed by atoms with Gasteiger partial charge in [0.25, 0.3) is 0 Å². The summed E-state index contributed by atoms with van der Waals surface area (Å²) >= 11 is 17.2. The third-order valence-electron chi connectivity index (χ3n) is 5.90. The number of anilines is 1. The molecule has 0 fully saturated rings. The Kier molecular flexibility index (Phi) is 8.56. The molecule has 4 aromatic carbocycles. The van der Waals surface area contributed by atoms with E-state index in [4.69, 9.17) is 23.2 Å². The van der Waals surface area contributed by atoms with Gasteiger partial charge in [0, 0.05) is 31.3 Å². The fraction of sp³-hybridized carbons (Fsp3) is 0.107. The number of nitrogens with zero attached hydrogens (tertiary/aromatic N) is 1. The first-order valence-corrected chi connectivity index (χ1v) is 13.8. The van der Waals surface area contributed by atoms with E-state index >= 15 is 0 Å². The molecule has 8 heteroatoms. The quantitative estimate of drug-likeness (QED) is 0.136. The average molecular weight is 741 g/mol. The number of phenols is 2. The molecule has 0 bridgehead atoms. The van der Waals surface area contributed by atoms with Crippen molar-refractivity contribution in [1.82, 2.24) is 0 Å². The summed E-state index contributed by atoms with van der Waals surface area (Å²) in [7, 11) is 0. The van der Waals surface area contributed by atoms with Gasteiger partial charge in [0.2, 0.25) is 0 Å². The van der Waals surface area contributed by atoms with Gasteiger partial charge in [-0.2, -0.15) is 5.26 Å². The van der Waals surface area contributed by atoms with Gasteiger partial charge in [0.1, 0.15) is 11.5 Å². The van der Waals surface area contributed by atoms with E-state index in [0.717, 1.165) is 31.4 Å². The zero-order valence-corrected chi connectivity index (χ0v) is 24.8. The summed E-state index contributed by atoms with van der Waals surface area (Å²) in [6, 6.07) is 22.3. The number of benzene rings is 4. The maximum atomic E-state index is 11.0. The van der Waals surface area contributed by atoms with E-state index in [0.29, 0.717) is 31.4 Å². The lowest BCUT2D eigenvalue weighted by Crippen LogP contribution is -2.04. The van der Waals surface area contributed by atoms with Gasteiger partial charge in [-0.05, 0) is 111 Å². The van der Waals surface area contributed by atoms with Gasteiger partial charge in [-0.25, -0.2) is 0 Å². The highest BCUT2D eigenvalue weighted by molar-refractivity contribution is 14.1. The molecule has 0 heterocycles. The molecule has 0 aromatic heterocycles. The summed E-state index contributed by atoms with van der Waals surface area (Å²) in [4.78, 5) is 0. The van der Waals surface area contributed by atoms with Crippen LogP contribution in [0.25, 0.3) is 11.1 Å². The second-order valence-corrected chi connectivity index (χ2v) is 11.3. The Balaban J connectivity index is 1.70. The van der Waals surface area contributed by atoms with Crippen LogP contribution < -0.4 is 5.32 Å². The van der Waals surface area contributed by atoms with Crippen molar-refractivity contribution < 1.29 is 10.2 Å². The van der Waals surface area contributed by atoms with Crippen LogP contribution >= 0.6 is 68.4 Å². The molecule has 3 N–H and O–H groups in total. The summed E-state index contributed by atoms with van der Waals surface area (Å²) in [5.74, 6) is -0.209. The summed E-state index contributed by atoms with van der Waals surface area (Å²) < 4.78 is 1.65. The standard InChI is InChI=1S/C28H20Cl2I2N2O2/c1-15-10-20(21(13-33)16-6-8-18(29)9-7-16)22(30)12-19(15)26-23(31)11-17(28(36)27(26)32)14-34-24-4-2-3-5-25(24)35/h2-12,21,34-36H,14H2,1H3. The smallest absolute Gasteiger partial charge is 0.138 e. The zero-order valence-electron chi connectivity index (χ0n) is 19.0. The highest BCUT2D eigenvalue weighted by Crippen LogP contribution is 2.42. The summed E-state index contributed by atoms with van der Waals surface area (Å²) in [6.07, 6.45) is 0. The van der Waals surface area contributed by atoms with Crippen LogP contribution in [0.15, 0.2) is 66.7 Å². The van der Waals surface area contributed by atoms with E-state index in [-0.39, 0.29) is 11.5 Å². The van der Waals surface area contributed by atoms with Crippen LogP contribution in [0.4, 0.5) is 5.69 Å². The highest BCUT2D eigenvalue weighted by Gasteiger charge is 2.22. The zero-order chi connectivity index (χ0) is 26.0. The Morgan fingerprint density at radius 2 is 1.69 bits per heavy atom. The minimum absolute atomic E-state index is 0.151. The van der Waals surface area contributed by atoms with Crippen molar-refractivity contribution in [3.63, 3.8) is 0 Å². The molecule has 0 aliphatic carbocycles. The van der Waals surface area contributed by atoms with Crippen LogP contribution in [0.5, 0.6) is 11.5 Å². The molecule has 4 rings (SSSR count). The van der Waals surface area contributed by atoms with Crippen LogP contribution in [-0.2, 0) is 6.54 Å². The molecular weight excluding hydrogens is 721 g/mol. The molecular formula is C28H20Cl2I2N2O2. The maximum Gasteiger partial charge on any atom is 0.138 e. The number of hydrogen-bond acceptors (Lipinski definition) is 4. The molecule has 0 radical (unpaired) electrons. The van der Waals surface area contributed by atoms with Gasteiger partial charge in [0.05, 0.1) is 21.2 Å². The number of rotatable bonds is 6. The van der Waals surface area contributed by atoms with E-state index in [9.17, 15) is 15.5 Å². The van der Waals surface area contributed by atoms with Gasteiger partial charge in [-0.15, -0.1) is 0 Å². The Morgan fingerprint density at radius 1 is 1.00 bits per heavy atom. The number of aromatic hydroxyl groups is 2. The van der Waals surface area contributed by atoms with Crippen LogP contribution in [-0.4, -0.2) is 10.2 Å². The molecule has 4 aromatic rings. The molecule has 0 spiro atoms. The molecule has 1 unspecified atom stereocenters. The minimum Gasteiger partial charge on any atom is -0.506 e. The van der Waals surface area contributed by atoms with Crippen molar-refractivity contribution in [3.8, 4) is 28.7 Å². The first kappa shape index (κ1) is 26.9. The molecule has 0 saturated heterocycles. The Hall–Kier alpha value is -2.19. The number of nitrogens with one attached hydrogen (secondary N) is 1. The topological polar surface area (TPSA) is 76.3 Å². The third kappa shape index (κ3) is 5.54. The number of halogens is 4. The number of phenolic OH excluding ortho intramolecular Hbond substituents is 2. The van der Waals surface area contributed by atoms with E-state index in [1.165, 1.54) is 0 Å². The van der Waals surface area contributed by atoms with E-state index < -0.39 is 5.92 Å². The summed E-state index contributed by atoms with van der Waals surface area (Å²) in [6.45, 7) is 2.32. The van der Waals surface area contributed by atoms with E-state index in [2.05, 4.69) is 56.6 Å². The Labute approximate surface area is 247 Å². The maximum absolute atomic E-state index is 11.0. The molecule has 182 valence electrons. The highest BCUT2D eigenvalue weighted by atomic mass is 127. The molecule has 1 atom stereocenters. The predicted octanol–water partition coefficient (Wildman–Crippen LogP) is 8.86. The minimum atomic E-state index is -0.531. The van der Waals surface area contributed by atoms with Crippen molar-refractivity contribution >= 4 is 74.1 Å². The van der Waals surface area contributed by atoms with Gasteiger partial charge in [0.15, 0.2) is 0 Å². The van der Waals surface area contributed by atoms with Gasteiger partial charge in [-0.3, -0.25) is 0 Å². The van der Waals surface area contributed by atoms with Crippen LogP contribution in [0.1, 0.15) is 28.2 Å². The monoisotopic (exact) mass is 740 g/mol. The SMILES string of the molecule is Cc1cc(C(C#N)c2ccc(Cl)cc2)c(Cl)cc1-c1c(I)cc(CNc2ccccc2O)c(O)c1I. The number of hydrogen-bond donors (Lipinski definition) is 3. The molecule has 36 heavy (non-hydrogen) atoms. The van der Waals surface area contributed by atoms with Crippen molar-refractivity contribution in [2.45, 2.75) is 19.4 Å². The van der Waals surface area contributed by atoms with Gasteiger partial charge >= 0.3 is 0 Å². The molecule has 0 amide bonds. The van der Waals surface area contributed by atoms with Crippen LogP contribution in [0, 0.1) is 25.4 Å². The van der Waals surface area contributed by atoms with Crippen molar-refractivity contribution in [2.75, 3.05) is 5.32 Å². The average Bonchev–Trinajstić information content (AvgIpc) is 2.85. The predicted molar refractivity (Wildman–Crippen MR) is 163 cm³/mol. The lowest BCUT2D eigenvalue weighted by atomic mass is 9.89. The largest absolute Gasteiger partial charge is 0.506 e. The Morgan fingerprint density at radius 3 is 2.36 bits per heavy atom.